The summed E-state index contributed by atoms with van der Waals surface area (Å²) >= 11 is 0. The molecule has 0 radical (unpaired) electrons. The zero-order valence-electron chi connectivity index (χ0n) is 11.7. The molecule has 1 fully saturated rings. The molecule has 1 saturated carbocycles. The predicted molar refractivity (Wildman–Crippen MR) is 76.8 cm³/mol. The van der Waals surface area contributed by atoms with E-state index in [1.165, 1.54) is 25.7 Å². The predicted octanol–water partition coefficient (Wildman–Crippen LogP) is 2.82. The molecule has 3 heteroatoms. The van der Waals surface area contributed by atoms with Crippen LogP contribution >= 0.6 is 0 Å². The third-order valence-corrected chi connectivity index (χ3v) is 3.67. The summed E-state index contributed by atoms with van der Waals surface area (Å²) in [6, 6.07) is 6.33. The van der Waals surface area contributed by atoms with Crippen molar-refractivity contribution < 1.29 is 0 Å². The largest absolute Gasteiger partial charge is 0.359 e. The monoisotopic (exact) mass is 247 g/mol. The molecule has 0 unspecified atom stereocenters. The summed E-state index contributed by atoms with van der Waals surface area (Å²) in [6.07, 6.45) is 5.36. The van der Waals surface area contributed by atoms with E-state index in [-0.39, 0.29) is 0 Å². The van der Waals surface area contributed by atoms with Gasteiger partial charge in [0.2, 0.25) is 0 Å². The van der Waals surface area contributed by atoms with Crippen LogP contribution in [0.4, 0.5) is 5.82 Å². The zero-order valence-corrected chi connectivity index (χ0v) is 11.7. The number of nitrogens with zero attached hydrogens (tertiary/aromatic N) is 2. The van der Waals surface area contributed by atoms with Crippen molar-refractivity contribution in [3.63, 3.8) is 0 Å². The normalized spacial score (nSPS) is 15.4. The van der Waals surface area contributed by atoms with E-state index in [0.29, 0.717) is 0 Å². The molecule has 0 aliphatic heterocycles. The Morgan fingerprint density at radius 1 is 1.39 bits per heavy atom. The molecule has 0 spiro atoms. The maximum Gasteiger partial charge on any atom is 0.128 e. The van der Waals surface area contributed by atoms with Crippen molar-refractivity contribution in [2.24, 2.45) is 5.92 Å². The van der Waals surface area contributed by atoms with Crippen LogP contribution in [0.25, 0.3) is 0 Å². The summed E-state index contributed by atoms with van der Waals surface area (Å²) in [5, 5.41) is 3.40. The maximum absolute atomic E-state index is 4.72. The van der Waals surface area contributed by atoms with Crippen LogP contribution in [0.2, 0.25) is 0 Å². The fourth-order valence-electron chi connectivity index (χ4n) is 2.33. The van der Waals surface area contributed by atoms with Gasteiger partial charge in [-0.05, 0) is 43.9 Å². The van der Waals surface area contributed by atoms with Gasteiger partial charge in [0.05, 0.1) is 5.69 Å². The minimum absolute atomic E-state index is 0.874. The molecule has 18 heavy (non-hydrogen) atoms. The van der Waals surface area contributed by atoms with Gasteiger partial charge in [-0.1, -0.05) is 19.4 Å². The Morgan fingerprint density at radius 3 is 2.89 bits per heavy atom. The van der Waals surface area contributed by atoms with E-state index in [2.05, 4.69) is 42.4 Å². The SMILES string of the molecule is CCCNCc1cccc(N(C)CC2CCC2)n1. The minimum Gasteiger partial charge on any atom is -0.359 e. The zero-order chi connectivity index (χ0) is 12.8. The number of nitrogens with one attached hydrogen (secondary N) is 1. The van der Waals surface area contributed by atoms with E-state index in [0.717, 1.165) is 37.1 Å². The molecule has 1 aliphatic rings. The van der Waals surface area contributed by atoms with E-state index in [4.69, 9.17) is 4.98 Å². The standard InChI is InChI=1S/C15H25N3/c1-3-10-16-11-14-8-5-9-15(17-14)18(2)12-13-6-4-7-13/h5,8-9,13,16H,3-4,6-7,10-12H2,1-2H3. The second-order valence-electron chi connectivity index (χ2n) is 5.34. The molecule has 0 aromatic carbocycles. The van der Waals surface area contributed by atoms with E-state index < -0.39 is 0 Å². The Hall–Kier alpha value is -1.09. The molecular formula is C15H25N3. The van der Waals surface area contributed by atoms with Gasteiger partial charge in [-0.2, -0.15) is 0 Å². The molecule has 1 aromatic rings. The van der Waals surface area contributed by atoms with Crippen molar-refractivity contribution in [3.05, 3.63) is 23.9 Å². The molecule has 0 bridgehead atoms. The van der Waals surface area contributed by atoms with Crippen LogP contribution in [0.5, 0.6) is 0 Å². The van der Waals surface area contributed by atoms with Gasteiger partial charge in [0.1, 0.15) is 5.82 Å². The molecule has 0 atom stereocenters. The first-order valence-electron chi connectivity index (χ1n) is 7.17. The first-order chi connectivity index (χ1) is 8.79. The number of pyridine rings is 1. The molecule has 3 nitrogen and oxygen atoms in total. The third-order valence-electron chi connectivity index (χ3n) is 3.67. The lowest BCUT2D eigenvalue weighted by Gasteiger charge is -2.30. The highest BCUT2D eigenvalue weighted by molar-refractivity contribution is 5.38. The number of aromatic nitrogens is 1. The molecule has 0 amide bonds. The van der Waals surface area contributed by atoms with Gasteiger partial charge in [0.25, 0.3) is 0 Å². The summed E-state index contributed by atoms with van der Waals surface area (Å²) in [4.78, 5) is 7.02. The van der Waals surface area contributed by atoms with Crippen molar-refractivity contribution in [3.8, 4) is 0 Å². The fourth-order valence-corrected chi connectivity index (χ4v) is 2.33. The van der Waals surface area contributed by atoms with Gasteiger partial charge in [-0.3, -0.25) is 0 Å². The Kier molecular flexibility index (Phi) is 5.00. The van der Waals surface area contributed by atoms with Gasteiger partial charge < -0.3 is 10.2 Å². The Morgan fingerprint density at radius 2 is 2.22 bits per heavy atom. The minimum atomic E-state index is 0.874. The van der Waals surface area contributed by atoms with Gasteiger partial charge in [0, 0.05) is 20.1 Å². The van der Waals surface area contributed by atoms with Crippen molar-refractivity contribution >= 4 is 5.82 Å². The summed E-state index contributed by atoms with van der Waals surface area (Å²) in [5.41, 5.74) is 1.14. The van der Waals surface area contributed by atoms with Crippen LogP contribution in [0.15, 0.2) is 18.2 Å². The molecule has 0 saturated heterocycles. The topological polar surface area (TPSA) is 28.2 Å². The molecule has 2 rings (SSSR count). The number of rotatable bonds is 7. The third kappa shape index (κ3) is 3.70. The van der Waals surface area contributed by atoms with Crippen molar-refractivity contribution in [1.29, 1.82) is 0 Å². The molecule has 1 aromatic heterocycles. The highest BCUT2D eigenvalue weighted by Crippen LogP contribution is 2.27. The van der Waals surface area contributed by atoms with E-state index in [1.54, 1.807) is 0 Å². The van der Waals surface area contributed by atoms with Crippen LogP contribution in [0.1, 0.15) is 38.3 Å². The lowest BCUT2D eigenvalue weighted by molar-refractivity contribution is 0.321. The van der Waals surface area contributed by atoms with Gasteiger partial charge >= 0.3 is 0 Å². The van der Waals surface area contributed by atoms with Crippen molar-refractivity contribution in [2.75, 3.05) is 25.0 Å². The second-order valence-corrected chi connectivity index (χ2v) is 5.34. The summed E-state index contributed by atoms with van der Waals surface area (Å²) < 4.78 is 0. The van der Waals surface area contributed by atoms with Crippen molar-refractivity contribution in [1.82, 2.24) is 10.3 Å². The van der Waals surface area contributed by atoms with Crippen molar-refractivity contribution in [2.45, 2.75) is 39.2 Å². The molecular weight excluding hydrogens is 222 g/mol. The lowest BCUT2D eigenvalue weighted by atomic mass is 9.85. The highest BCUT2D eigenvalue weighted by atomic mass is 15.2. The van der Waals surface area contributed by atoms with Crippen LogP contribution < -0.4 is 10.2 Å². The summed E-state index contributed by atoms with van der Waals surface area (Å²) in [6.45, 7) is 5.27. The van der Waals surface area contributed by atoms with E-state index >= 15 is 0 Å². The summed E-state index contributed by atoms with van der Waals surface area (Å²) in [7, 11) is 2.16. The molecule has 1 N–H and O–H groups in total. The average Bonchev–Trinajstić information content (AvgIpc) is 2.34. The fraction of sp³-hybridized carbons (Fsp3) is 0.667. The Bertz CT molecular complexity index is 361. The smallest absolute Gasteiger partial charge is 0.128 e. The maximum atomic E-state index is 4.72. The van der Waals surface area contributed by atoms with Crippen LogP contribution in [-0.4, -0.2) is 25.1 Å². The quantitative estimate of drug-likeness (QED) is 0.751. The van der Waals surface area contributed by atoms with Crippen LogP contribution in [-0.2, 0) is 6.54 Å². The van der Waals surface area contributed by atoms with Gasteiger partial charge in [-0.15, -0.1) is 0 Å². The first kappa shape index (κ1) is 13.3. The summed E-state index contributed by atoms with van der Waals surface area (Å²) in [5.74, 6) is 2.00. The van der Waals surface area contributed by atoms with E-state index in [9.17, 15) is 0 Å². The average molecular weight is 247 g/mol. The number of hydrogen-bond acceptors (Lipinski definition) is 3. The number of hydrogen-bond donors (Lipinski definition) is 1. The first-order valence-corrected chi connectivity index (χ1v) is 7.17. The molecule has 1 aliphatic carbocycles. The van der Waals surface area contributed by atoms with Crippen LogP contribution in [0, 0.1) is 5.92 Å². The Balaban J connectivity index is 1.88. The van der Waals surface area contributed by atoms with Gasteiger partial charge in [0.15, 0.2) is 0 Å². The lowest BCUT2D eigenvalue weighted by Crippen LogP contribution is -2.30. The second kappa shape index (κ2) is 6.74. The van der Waals surface area contributed by atoms with E-state index in [1.807, 2.05) is 0 Å². The Labute approximate surface area is 111 Å². The molecule has 1 heterocycles. The molecule has 100 valence electrons. The van der Waals surface area contributed by atoms with Gasteiger partial charge in [-0.25, -0.2) is 4.98 Å². The number of anilines is 1. The van der Waals surface area contributed by atoms with Crippen LogP contribution in [0.3, 0.4) is 0 Å². The highest BCUT2D eigenvalue weighted by Gasteiger charge is 2.19.